The lowest BCUT2D eigenvalue weighted by Gasteiger charge is -2.06. The van der Waals surface area contributed by atoms with Gasteiger partial charge in [-0.1, -0.05) is 18.2 Å². The molecule has 3 heteroatoms. The van der Waals surface area contributed by atoms with Gasteiger partial charge in [-0.25, -0.2) is 0 Å². The van der Waals surface area contributed by atoms with Crippen molar-refractivity contribution in [3.63, 3.8) is 0 Å². The Labute approximate surface area is 113 Å². The van der Waals surface area contributed by atoms with Gasteiger partial charge in [0.25, 0.3) is 0 Å². The molecule has 0 aliphatic rings. The van der Waals surface area contributed by atoms with Gasteiger partial charge in [-0.15, -0.1) is 0 Å². The Morgan fingerprint density at radius 3 is 2.41 bits per heavy atom. The van der Waals surface area contributed by atoms with E-state index in [0.717, 1.165) is 27.8 Å². The molecule has 0 bridgehead atoms. The second-order valence-corrected chi connectivity index (χ2v) is 5.39. The predicted molar refractivity (Wildman–Crippen MR) is 79.2 cm³/mol. The van der Waals surface area contributed by atoms with E-state index in [1.165, 1.54) is 8.96 Å². The van der Waals surface area contributed by atoms with Crippen LogP contribution in [0.2, 0.25) is 0 Å². The molecule has 0 unspecified atom stereocenters. The van der Waals surface area contributed by atoms with E-state index in [-0.39, 0.29) is 0 Å². The highest BCUT2D eigenvalue weighted by Crippen LogP contribution is 2.26. The Bertz CT molecular complexity index is 735. The first-order valence-electron chi connectivity index (χ1n) is 5.48. The molecule has 0 saturated heterocycles. The molecule has 0 saturated carbocycles. The number of hydrogen-bond acceptors (Lipinski definition) is 2. The van der Waals surface area contributed by atoms with Gasteiger partial charge in [0.05, 0.1) is 11.0 Å². The van der Waals surface area contributed by atoms with Crippen molar-refractivity contribution in [3.05, 3.63) is 45.3 Å². The van der Waals surface area contributed by atoms with Crippen molar-refractivity contribution in [3.8, 4) is 0 Å². The Morgan fingerprint density at radius 1 is 0.882 bits per heavy atom. The van der Waals surface area contributed by atoms with Crippen LogP contribution in [0.5, 0.6) is 0 Å². The quantitative estimate of drug-likeness (QED) is 0.459. The summed E-state index contributed by atoms with van der Waals surface area (Å²) >= 11 is 2.36. The van der Waals surface area contributed by atoms with Gasteiger partial charge in [0.2, 0.25) is 0 Å². The molecule has 1 aromatic carbocycles. The van der Waals surface area contributed by atoms with Gasteiger partial charge in [0.1, 0.15) is 0 Å². The summed E-state index contributed by atoms with van der Waals surface area (Å²) in [5, 5.41) is 2.33. The molecule has 84 valence electrons. The van der Waals surface area contributed by atoms with E-state index in [1.807, 2.05) is 19.9 Å². The maximum Gasteiger partial charge on any atom is 0.0978 e. The third-order valence-electron chi connectivity index (χ3n) is 2.86. The largest absolute Gasteiger partial charge is 0.251 e. The Balaban J connectivity index is 2.58. The summed E-state index contributed by atoms with van der Waals surface area (Å²) in [4.78, 5) is 9.26. The summed E-state index contributed by atoms with van der Waals surface area (Å²) in [6.45, 7) is 4.04. The van der Waals surface area contributed by atoms with Crippen LogP contribution < -0.4 is 0 Å². The lowest BCUT2D eigenvalue weighted by atomic mass is 10.1. The van der Waals surface area contributed by atoms with E-state index >= 15 is 0 Å². The lowest BCUT2D eigenvalue weighted by molar-refractivity contribution is 1.22. The fourth-order valence-corrected chi connectivity index (χ4v) is 2.93. The van der Waals surface area contributed by atoms with Crippen molar-refractivity contribution in [1.29, 1.82) is 0 Å². The van der Waals surface area contributed by atoms with Crippen molar-refractivity contribution in [2.24, 2.45) is 0 Å². The number of pyridine rings is 2. The summed E-state index contributed by atoms with van der Waals surface area (Å²) in [6, 6.07) is 10.5. The van der Waals surface area contributed by atoms with Crippen molar-refractivity contribution in [2.75, 3.05) is 0 Å². The SMILES string of the molecule is Cc1ccc2ccc3c(I)cc(C)nc3c2n1. The summed E-state index contributed by atoms with van der Waals surface area (Å²) in [7, 11) is 0. The lowest BCUT2D eigenvalue weighted by Crippen LogP contribution is -1.91. The van der Waals surface area contributed by atoms with Crippen molar-refractivity contribution in [1.82, 2.24) is 9.97 Å². The molecule has 0 radical (unpaired) electrons. The standard InChI is InChI=1S/C14H11IN2/c1-8-3-4-10-5-6-11-12(15)7-9(2)17-14(11)13(10)16-8/h3-7H,1-2H3. The number of halogens is 1. The number of hydrogen-bond donors (Lipinski definition) is 0. The van der Waals surface area contributed by atoms with Gasteiger partial charge >= 0.3 is 0 Å². The number of aromatic nitrogens is 2. The summed E-state index contributed by atoms with van der Waals surface area (Å²) in [6.07, 6.45) is 0. The topological polar surface area (TPSA) is 25.8 Å². The number of rotatable bonds is 0. The summed E-state index contributed by atoms with van der Waals surface area (Å²) < 4.78 is 1.23. The molecule has 0 N–H and O–H groups in total. The van der Waals surface area contributed by atoms with Crippen molar-refractivity contribution < 1.29 is 0 Å². The highest BCUT2D eigenvalue weighted by molar-refractivity contribution is 14.1. The molecular formula is C14H11IN2. The smallest absolute Gasteiger partial charge is 0.0978 e. The van der Waals surface area contributed by atoms with E-state index in [9.17, 15) is 0 Å². The van der Waals surface area contributed by atoms with Gasteiger partial charge in [-0.05, 0) is 48.6 Å². The zero-order valence-corrected chi connectivity index (χ0v) is 11.8. The third kappa shape index (κ3) is 1.78. The molecule has 0 fully saturated rings. The van der Waals surface area contributed by atoms with Gasteiger partial charge in [-0.2, -0.15) is 0 Å². The number of benzene rings is 1. The van der Waals surface area contributed by atoms with E-state index in [4.69, 9.17) is 0 Å². The van der Waals surface area contributed by atoms with Crippen LogP contribution in [0.4, 0.5) is 0 Å². The minimum absolute atomic E-state index is 1.00. The Hall–Kier alpha value is -1.23. The van der Waals surface area contributed by atoms with Gasteiger partial charge in [-0.3, -0.25) is 9.97 Å². The molecule has 0 amide bonds. The van der Waals surface area contributed by atoms with E-state index in [2.05, 4.69) is 56.8 Å². The highest BCUT2D eigenvalue weighted by Gasteiger charge is 2.07. The maximum absolute atomic E-state index is 4.64. The van der Waals surface area contributed by atoms with Crippen LogP contribution in [0.15, 0.2) is 30.3 Å². The Kier molecular flexibility index (Phi) is 2.50. The van der Waals surface area contributed by atoms with Crippen LogP contribution in [-0.2, 0) is 0 Å². The first kappa shape index (κ1) is 10.9. The first-order chi connectivity index (χ1) is 8.15. The minimum atomic E-state index is 1.00. The molecule has 17 heavy (non-hydrogen) atoms. The maximum atomic E-state index is 4.64. The van der Waals surface area contributed by atoms with Crippen LogP contribution in [-0.4, -0.2) is 9.97 Å². The summed E-state index contributed by atoms with van der Waals surface area (Å²) in [5.74, 6) is 0. The van der Waals surface area contributed by atoms with E-state index < -0.39 is 0 Å². The van der Waals surface area contributed by atoms with Crippen LogP contribution in [0, 0.1) is 17.4 Å². The van der Waals surface area contributed by atoms with Gasteiger partial charge in [0.15, 0.2) is 0 Å². The normalized spacial score (nSPS) is 11.2. The second-order valence-electron chi connectivity index (χ2n) is 4.23. The van der Waals surface area contributed by atoms with Crippen LogP contribution in [0.1, 0.15) is 11.4 Å². The summed E-state index contributed by atoms with van der Waals surface area (Å²) in [5.41, 5.74) is 4.08. The zero-order chi connectivity index (χ0) is 12.0. The molecule has 3 rings (SSSR count). The average molecular weight is 334 g/mol. The van der Waals surface area contributed by atoms with Crippen molar-refractivity contribution >= 4 is 44.4 Å². The van der Waals surface area contributed by atoms with E-state index in [1.54, 1.807) is 0 Å². The molecule has 2 aromatic heterocycles. The molecule has 0 spiro atoms. The molecule has 2 nitrogen and oxygen atoms in total. The zero-order valence-electron chi connectivity index (χ0n) is 9.66. The molecule has 2 heterocycles. The third-order valence-corrected chi connectivity index (χ3v) is 3.75. The number of fused-ring (bicyclic) bond motifs is 3. The van der Waals surface area contributed by atoms with Gasteiger partial charge < -0.3 is 0 Å². The molecule has 0 aliphatic heterocycles. The average Bonchev–Trinajstić information content (AvgIpc) is 2.28. The van der Waals surface area contributed by atoms with Crippen LogP contribution >= 0.6 is 22.6 Å². The van der Waals surface area contributed by atoms with Crippen molar-refractivity contribution in [2.45, 2.75) is 13.8 Å². The van der Waals surface area contributed by atoms with E-state index in [0.29, 0.717) is 0 Å². The Morgan fingerprint density at radius 2 is 1.59 bits per heavy atom. The fourth-order valence-electron chi connectivity index (χ4n) is 2.05. The van der Waals surface area contributed by atoms with Crippen LogP contribution in [0.3, 0.4) is 0 Å². The van der Waals surface area contributed by atoms with Gasteiger partial charge in [0, 0.05) is 25.7 Å². The monoisotopic (exact) mass is 334 g/mol. The fraction of sp³-hybridized carbons (Fsp3) is 0.143. The minimum Gasteiger partial charge on any atom is -0.251 e. The second kappa shape index (κ2) is 3.91. The molecule has 0 aliphatic carbocycles. The molecular weight excluding hydrogens is 323 g/mol. The van der Waals surface area contributed by atoms with Crippen LogP contribution in [0.25, 0.3) is 21.8 Å². The highest BCUT2D eigenvalue weighted by atomic mass is 127. The predicted octanol–water partition coefficient (Wildman–Crippen LogP) is 4.00. The number of aryl methyl sites for hydroxylation is 2. The number of nitrogens with zero attached hydrogens (tertiary/aromatic N) is 2. The molecule has 3 aromatic rings. The molecule has 0 atom stereocenters. The first-order valence-corrected chi connectivity index (χ1v) is 6.56.